The van der Waals surface area contributed by atoms with E-state index in [0.29, 0.717) is 0 Å². The zero-order valence-corrected chi connectivity index (χ0v) is 10.5. The number of benzene rings is 1. The molecular formula is C12H10MoO3-2. The zero-order valence-electron chi connectivity index (χ0n) is 8.51. The maximum Gasteiger partial charge on any atom is -0.0866 e. The molecule has 84 valence electrons. The standard InChI is InChI=1S/C7H7.C2H3.3CO.Mo/c1-7-5-3-2-4-6-7;4*1-2;/h2-6H,1H2;1H,2H2;;;;/q2*-1;;;;. The molecule has 0 radical (unpaired) electrons. The van der Waals surface area contributed by atoms with Gasteiger partial charge in [0.25, 0.3) is 0 Å². The summed E-state index contributed by atoms with van der Waals surface area (Å²) in [4.78, 5) is 28.2. The van der Waals surface area contributed by atoms with E-state index in [-0.39, 0.29) is 0 Å². The van der Waals surface area contributed by atoms with Gasteiger partial charge in [-0.15, -0.1) is 12.1 Å². The van der Waals surface area contributed by atoms with Crippen LogP contribution >= 0.6 is 0 Å². The summed E-state index contributed by atoms with van der Waals surface area (Å²) in [7, 11) is 0. The molecule has 3 nitrogen and oxygen atoms in total. The van der Waals surface area contributed by atoms with Crippen molar-refractivity contribution in [2.75, 3.05) is 0 Å². The topological polar surface area (TPSA) is 51.2 Å². The summed E-state index contributed by atoms with van der Waals surface area (Å²) in [5.74, 6) is 0. The maximum atomic E-state index is 9.39. The molecule has 0 saturated heterocycles. The molecule has 0 N–H and O–H groups in total. The predicted molar refractivity (Wildman–Crippen MR) is 57.9 cm³/mol. The van der Waals surface area contributed by atoms with E-state index in [1.54, 1.807) is 0 Å². The fraction of sp³-hybridized carbons (Fsp3) is 0. The summed E-state index contributed by atoms with van der Waals surface area (Å²) < 4.78 is 3.82. The molecule has 0 amide bonds. The fourth-order valence-corrected chi connectivity index (χ4v) is 0.780. The number of rotatable bonds is 0. The van der Waals surface area contributed by atoms with Gasteiger partial charge in [-0.25, -0.2) is 0 Å². The molecular weight excluding hydrogens is 288 g/mol. The molecule has 1 aromatic carbocycles. The van der Waals surface area contributed by atoms with E-state index in [1.807, 2.05) is 30.3 Å². The molecule has 0 aliphatic heterocycles. The van der Waals surface area contributed by atoms with Crippen LogP contribution in [0.25, 0.3) is 0 Å². The van der Waals surface area contributed by atoms with E-state index in [0.717, 1.165) is 5.56 Å². The van der Waals surface area contributed by atoms with Crippen LogP contribution < -0.4 is 0 Å². The molecule has 0 aliphatic carbocycles. The van der Waals surface area contributed by atoms with Crippen LogP contribution in [-0.4, -0.2) is 12.8 Å². The Labute approximate surface area is 99.1 Å². The first-order valence-electron chi connectivity index (χ1n) is 3.90. The molecule has 1 rings (SSSR count). The molecule has 0 fully saturated rings. The Morgan fingerprint density at radius 2 is 1.38 bits per heavy atom. The molecule has 0 saturated carbocycles. The van der Waals surface area contributed by atoms with Gasteiger partial charge in [-0.1, -0.05) is 6.07 Å². The smallest absolute Gasteiger partial charge is 0.0866 e. The first-order valence-corrected chi connectivity index (χ1v) is 6.91. The molecule has 1 aromatic rings. The maximum absolute atomic E-state index is 9.39. The van der Waals surface area contributed by atoms with Gasteiger partial charge in [0.1, 0.15) is 0 Å². The second-order valence-electron chi connectivity index (χ2n) is 2.04. The van der Waals surface area contributed by atoms with Crippen molar-refractivity contribution in [3.8, 4) is 0 Å². The number of carbonyl (C=O) groups excluding carboxylic acids is 3. The van der Waals surface area contributed by atoms with Crippen LogP contribution in [0.4, 0.5) is 0 Å². The van der Waals surface area contributed by atoms with Crippen molar-refractivity contribution >= 4 is 12.8 Å². The number of hydrogen-bond acceptors (Lipinski definition) is 3. The average molecular weight is 298 g/mol. The summed E-state index contributed by atoms with van der Waals surface area (Å²) in [5.41, 5.74) is 1.07. The van der Waals surface area contributed by atoms with Crippen molar-refractivity contribution in [3.05, 3.63) is 56.0 Å². The van der Waals surface area contributed by atoms with Crippen molar-refractivity contribution in [3.63, 3.8) is 0 Å². The van der Waals surface area contributed by atoms with Gasteiger partial charge in [0.05, 0.1) is 0 Å². The van der Waals surface area contributed by atoms with E-state index < -0.39 is 15.9 Å². The summed E-state index contributed by atoms with van der Waals surface area (Å²) in [5, 5.41) is 0. The molecule has 0 spiro atoms. The van der Waals surface area contributed by atoms with E-state index in [4.69, 9.17) is 0 Å². The van der Waals surface area contributed by atoms with Crippen molar-refractivity contribution in [2.24, 2.45) is 0 Å². The van der Waals surface area contributed by atoms with E-state index in [9.17, 15) is 14.4 Å². The first kappa shape index (κ1) is 16.7. The van der Waals surface area contributed by atoms with Gasteiger partial charge >= 0.3 is 43.1 Å². The van der Waals surface area contributed by atoms with Crippen LogP contribution in [0.5, 0.6) is 0 Å². The molecule has 0 aromatic heterocycles. The Balaban J connectivity index is 0. The molecule has 4 heteroatoms. The summed E-state index contributed by atoms with van der Waals surface area (Å²) in [6, 6.07) is 9.87. The summed E-state index contributed by atoms with van der Waals surface area (Å²) in [6.07, 6.45) is 0. The Morgan fingerprint density at radius 3 is 1.50 bits per heavy atom. The monoisotopic (exact) mass is 300 g/mol. The summed E-state index contributed by atoms with van der Waals surface area (Å²) in [6.45, 7) is 10.7. The average Bonchev–Trinajstić information content (AvgIpc) is 2.36. The number of hydrogen-bond donors (Lipinski definition) is 0. The Kier molecular flexibility index (Phi) is 13.8. The SMILES string of the molecule is O=[C]=[Mo](=[C]=O)=[C]=O.[CH-]=C.[CH2-]c1ccccc1. The second-order valence-corrected chi connectivity index (χ2v) is 4.78. The third-order valence-electron chi connectivity index (χ3n) is 1.09. The van der Waals surface area contributed by atoms with Gasteiger partial charge in [0.2, 0.25) is 0 Å². The van der Waals surface area contributed by atoms with Crippen molar-refractivity contribution in [1.82, 2.24) is 0 Å². The minimum absolute atomic E-state index is 1.07. The first-order chi connectivity index (χ1) is 7.74. The van der Waals surface area contributed by atoms with Gasteiger partial charge in [-0.05, 0) is 0 Å². The van der Waals surface area contributed by atoms with E-state index in [1.165, 1.54) is 12.8 Å². The van der Waals surface area contributed by atoms with Crippen LogP contribution in [0.1, 0.15) is 5.56 Å². The molecule has 0 heterocycles. The molecule has 0 aliphatic rings. The molecule has 0 bridgehead atoms. The largest absolute Gasteiger partial charge is 0.521 e. The predicted octanol–water partition coefficient (Wildman–Crippen LogP) is 1.28. The third kappa shape index (κ3) is 10.3. The van der Waals surface area contributed by atoms with Crippen molar-refractivity contribution < 1.29 is 30.3 Å². The zero-order chi connectivity index (χ0) is 12.8. The van der Waals surface area contributed by atoms with Crippen molar-refractivity contribution in [2.45, 2.75) is 0 Å². The van der Waals surface area contributed by atoms with Crippen LogP contribution in [-0.2, 0) is 30.3 Å². The minimum atomic E-state index is -2.85. The van der Waals surface area contributed by atoms with Gasteiger partial charge in [0.15, 0.2) is 0 Å². The van der Waals surface area contributed by atoms with Crippen LogP contribution in [0, 0.1) is 13.5 Å². The fourth-order valence-electron chi connectivity index (χ4n) is 0.529. The van der Waals surface area contributed by atoms with Gasteiger partial charge in [-0.3, -0.25) is 6.58 Å². The van der Waals surface area contributed by atoms with Gasteiger partial charge in [0, 0.05) is 0 Å². The normalized spacial score (nSPS) is 6.25. The van der Waals surface area contributed by atoms with Crippen LogP contribution in [0.15, 0.2) is 36.9 Å². The third-order valence-corrected chi connectivity index (χ3v) is 2.32. The Bertz CT molecular complexity index is 453. The second kappa shape index (κ2) is 13.3. The van der Waals surface area contributed by atoms with Gasteiger partial charge < -0.3 is 6.58 Å². The minimum Gasteiger partial charge on any atom is -0.521 e. The van der Waals surface area contributed by atoms with Crippen LogP contribution in [0.3, 0.4) is 0 Å². The van der Waals surface area contributed by atoms with Crippen molar-refractivity contribution in [1.29, 1.82) is 0 Å². The van der Waals surface area contributed by atoms with E-state index >= 15 is 0 Å². The molecule has 0 atom stereocenters. The van der Waals surface area contributed by atoms with Crippen LogP contribution in [0.2, 0.25) is 0 Å². The quantitative estimate of drug-likeness (QED) is 0.535. The Hall–Kier alpha value is -1.74. The Morgan fingerprint density at radius 1 is 1.00 bits per heavy atom. The molecule has 0 unspecified atom stereocenters. The molecule has 16 heavy (non-hydrogen) atoms. The summed E-state index contributed by atoms with van der Waals surface area (Å²) >= 11 is -2.85. The van der Waals surface area contributed by atoms with E-state index in [2.05, 4.69) is 20.1 Å². The van der Waals surface area contributed by atoms with Gasteiger partial charge in [-0.2, -0.15) is 24.6 Å².